The van der Waals surface area contributed by atoms with Gasteiger partial charge < -0.3 is 10.1 Å². The molecule has 0 amide bonds. The Balaban J connectivity index is 2.19. The Bertz CT molecular complexity index is 811. The van der Waals surface area contributed by atoms with Gasteiger partial charge in [-0.1, -0.05) is 36.9 Å². The van der Waals surface area contributed by atoms with Crippen molar-refractivity contribution in [3.8, 4) is 17.1 Å². The minimum absolute atomic E-state index is 0.248. The summed E-state index contributed by atoms with van der Waals surface area (Å²) in [5.41, 5.74) is 4.65. The molecule has 0 aliphatic carbocycles. The number of hydrogen-bond acceptors (Lipinski definition) is 3. The highest BCUT2D eigenvalue weighted by atomic mass is 32.2. The topological polar surface area (TPSA) is 48.9 Å². The van der Waals surface area contributed by atoms with E-state index in [0.717, 1.165) is 39.4 Å². The second-order valence-electron chi connectivity index (χ2n) is 5.20. The number of hydrogen-bond donors (Lipinski definition) is 2. The van der Waals surface area contributed by atoms with Crippen molar-refractivity contribution in [2.45, 2.75) is 5.75 Å². The first-order valence-electron chi connectivity index (χ1n) is 7.30. The van der Waals surface area contributed by atoms with E-state index in [1.54, 1.807) is 30.2 Å². The third-order valence-electron chi connectivity index (χ3n) is 3.76. The lowest BCUT2D eigenvalue weighted by molar-refractivity contribution is 0.473. The van der Waals surface area contributed by atoms with Gasteiger partial charge in [-0.3, -0.25) is 0 Å². The Morgan fingerprint density at radius 2 is 2.00 bits per heavy atom. The maximum atomic E-state index is 10.5. The number of H-pyrrole nitrogens is 1. The molecule has 0 fully saturated rings. The summed E-state index contributed by atoms with van der Waals surface area (Å²) in [5, 5.41) is 10.5. The minimum Gasteiger partial charge on any atom is -0.507 e. The minimum atomic E-state index is 0.248. The number of nitrogens with one attached hydrogen (secondary N) is 1. The summed E-state index contributed by atoms with van der Waals surface area (Å²) in [6.45, 7) is 4.22. The fourth-order valence-electron chi connectivity index (χ4n) is 2.68. The molecular weight excluding hydrogens is 304 g/mol. The molecule has 0 bridgehead atoms. The van der Waals surface area contributed by atoms with Gasteiger partial charge in [0.1, 0.15) is 11.6 Å². The van der Waals surface area contributed by atoms with E-state index in [1.807, 2.05) is 42.7 Å². The summed E-state index contributed by atoms with van der Waals surface area (Å²) in [6, 6.07) is 13.5. The second kappa shape index (κ2) is 6.75. The van der Waals surface area contributed by atoms with E-state index >= 15 is 0 Å². The van der Waals surface area contributed by atoms with Gasteiger partial charge in [-0.25, -0.2) is 4.98 Å². The van der Waals surface area contributed by atoms with Crippen LogP contribution < -0.4 is 0 Å². The average Bonchev–Trinajstić information content (AvgIpc) is 3.10. The fourth-order valence-corrected chi connectivity index (χ4v) is 3.27. The number of benzene rings is 2. The number of phenols is 1. The van der Waals surface area contributed by atoms with Crippen LogP contribution in [-0.2, 0) is 5.75 Å². The van der Waals surface area contributed by atoms with Crippen LogP contribution in [0.3, 0.4) is 0 Å². The first kappa shape index (κ1) is 15.4. The molecule has 2 aromatic carbocycles. The highest BCUT2D eigenvalue weighted by molar-refractivity contribution is 7.97. The van der Waals surface area contributed by atoms with E-state index in [2.05, 4.69) is 16.5 Å². The lowest BCUT2D eigenvalue weighted by Crippen LogP contribution is -1.98. The normalized spacial score (nSPS) is 10.7. The van der Waals surface area contributed by atoms with Crippen molar-refractivity contribution < 1.29 is 5.11 Å². The number of aromatic nitrogens is 2. The number of phenolic OH excluding ortho intramolecular Hbond substituents is 1. The van der Waals surface area contributed by atoms with E-state index < -0.39 is 0 Å². The second-order valence-corrected chi connectivity index (χ2v) is 6.07. The Morgan fingerprint density at radius 3 is 2.65 bits per heavy atom. The van der Waals surface area contributed by atoms with Gasteiger partial charge in [-0.2, -0.15) is 11.8 Å². The zero-order valence-corrected chi connectivity index (χ0v) is 13.7. The summed E-state index contributed by atoms with van der Waals surface area (Å²) >= 11 is 1.71. The van der Waals surface area contributed by atoms with Gasteiger partial charge in [-0.15, -0.1) is 0 Å². The van der Waals surface area contributed by atoms with Crippen molar-refractivity contribution in [3.05, 3.63) is 78.1 Å². The van der Waals surface area contributed by atoms with Crippen molar-refractivity contribution >= 4 is 17.3 Å². The van der Waals surface area contributed by atoms with Gasteiger partial charge in [0.2, 0.25) is 0 Å². The summed E-state index contributed by atoms with van der Waals surface area (Å²) in [6.07, 6.45) is 5.58. The van der Waals surface area contributed by atoms with Gasteiger partial charge in [0.15, 0.2) is 0 Å². The van der Waals surface area contributed by atoms with Crippen LogP contribution in [0.2, 0.25) is 0 Å². The molecule has 1 aromatic heterocycles. The predicted octanol–water partition coefficient (Wildman–Crippen LogP) is 4.71. The molecule has 1 heterocycles. The van der Waals surface area contributed by atoms with Gasteiger partial charge in [0.05, 0.1) is 0 Å². The highest BCUT2D eigenvalue weighted by Gasteiger charge is 2.18. The first-order chi connectivity index (χ1) is 11.2. The highest BCUT2D eigenvalue weighted by Crippen LogP contribution is 2.38. The van der Waals surface area contributed by atoms with E-state index in [0.29, 0.717) is 0 Å². The molecule has 0 saturated heterocycles. The van der Waals surface area contributed by atoms with Gasteiger partial charge in [0, 0.05) is 29.3 Å². The van der Waals surface area contributed by atoms with Crippen LogP contribution >= 0.6 is 11.8 Å². The fraction of sp³-hybridized carbons (Fsp3) is 0.105. The lowest BCUT2D eigenvalue weighted by atomic mass is 9.91. The van der Waals surface area contributed by atoms with Crippen molar-refractivity contribution in [1.29, 1.82) is 0 Å². The molecule has 0 atom stereocenters. The number of thioether (sulfide) groups is 1. The molecule has 23 heavy (non-hydrogen) atoms. The summed E-state index contributed by atoms with van der Waals surface area (Å²) in [4.78, 5) is 7.50. The third-order valence-corrected chi connectivity index (χ3v) is 4.33. The maximum Gasteiger partial charge on any atom is 0.137 e. The summed E-state index contributed by atoms with van der Waals surface area (Å²) < 4.78 is 0. The first-order valence-corrected chi connectivity index (χ1v) is 8.70. The van der Waals surface area contributed by atoms with E-state index in [4.69, 9.17) is 0 Å². The van der Waals surface area contributed by atoms with E-state index in [9.17, 15) is 5.11 Å². The SMILES string of the molecule is C=C(c1ccccc1)c1c(O)ccc(-c2ncc[nH]2)c1CSC. The lowest BCUT2D eigenvalue weighted by Gasteiger charge is -2.17. The Kier molecular flexibility index (Phi) is 4.53. The van der Waals surface area contributed by atoms with Crippen LogP contribution in [0.5, 0.6) is 5.75 Å². The summed E-state index contributed by atoms with van der Waals surface area (Å²) in [5.74, 6) is 1.82. The Morgan fingerprint density at radius 1 is 1.22 bits per heavy atom. The third kappa shape index (κ3) is 3.03. The number of aromatic amines is 1. The van der Waals surface area contributed by atoms with Gasteiger partial charge in [-0.05, 0) is 35.1 Å². The van der Waals surface area contributed by atoms with Crippen LogP contribution in [0.4, 0.5) is 0 Å². The quantitative estimate of drug-likeness (QED) is 0.715. The molecule has 0 unspecified atom stereocenters. The monoisotopic (exact) mass is 322 g/mol. The molecule has 0 aliphatic heterocycles. The molecule has 0 radical (unpaired) electrons. The molecule has 4 heteroatoms. The van der Waals surface area contributed by atoms with Crippen molar-refractivity contribution in [3.63, 3.8) is 0 Å². The molecule has 116 valence electrons. The molecule has 2 N–H and O–H groups in total. The predicted molar refractivity (Wildman–Crippen MR) is 97.5 cm³/mol. The Hall–Kier alpha value is -2.46. The van der Waals surface area contributed by atoms with E-state index in [-0.39, 0.29) is 5.75 Å². The average molecular weight is 322 g/mol. The molecule has 3 nitrogen and oxygen atoms in total. The van der Waals surface area contributed by atoms with Crippen molar-refractivity contribution in [2.24, 2.45) is 0 Å². The molecule has 0 aliphatic rings. The van der Waals surface area contributed by atoms with E-state index in [1.165, 1.54) is 0 Å². The van der Waals surface area contributed by atoms with Gasteiger partial charge in [0.25, 0.3) is 0 Å². The Labute approximate surface area is 140 Å². The molecule has 0 spiro atoms. The summed E-state index contributed by atoms with van der Waals surface area (Å²) in [7, 11) is 0. The smallest absolute Gasteiger partial charge is 0.137 e. The van der Waals surface area contributed by atoms with Crippen molar-refractivity contribution in [2.75, 3.05) is 6.26 Å². The van der Waals surface area contributed by atoms with Crippen LogP contribution in [0.15, 0.2) is 61.4 Å². The molecular formula is C19H18N2OS. The van der Waals surface area contributed by atoms with Crippen LogP contribution in [0, 0.1) is 0 Å². The number of nitrogens with zero attached hydrogens (tertiary/aromatic N) is 1. The zero-order valence-electron chi connectivity index (χ0n) is 12.9. The van der Waals surface area contributed by atoms with Crippen LogP contribution in [0.1, 0.15) is 16.7 Å². The molecule has 3 rings (SSSR count). The van der Waals surface area contributed by atoms with Crippen LogP contribution in [-0.4, -0.2) is 21.3 Å². The number of aromatic hydroxyl groups is 1. The number of rotatable bonds is 5. The van der Waals surface area contributed by atoms with Crippen molar-refractivity contribution in [1.82, 2.24) is 9.97 Å². The largest absolute Gasteiger partial charge is 0.507 e. The van der Waals surface area contributed by atoms with Crippen LogP contribution in [0.25, 0.3) is 17.0 Å². The molecule has 0 saturated carbocycles. The number of imidazole rings is 1. The van der Waals surface area contributed by atoms with Gasteiger partial charge >= 0.3 is 0 Å². The zero-order chi connectivity index (χ0) is 16.2. The maximum absolute atomic E-state index is 10.5. The molecule has 3 aromatic rings. The standard InChI is InChI=1S/C19H18N2OS/c1-13(14-6-4-3-5-7-14)18-16(12-23-2)15(8-9-17(18)22)19-20-10-11-21-19/h3-11,22H,1,12H2,2H3,(H,20,21).